The maximum atomic E-state index is 13.3. The van der Waals surface area contributed by atoms with Crippen molar-refractivity contribution in [3.05, 3.63) is 75.2 Å². The van der Waals surface area contributed by atoms with E-state index in [2.05, 4.69) is 15.9 Å². The summed E-state index contributed by atoms with van der Waals surface area (Å²) < 4.78 is 33.5. The summed E-state index contributed by atoms with van der Waals surface area (Å²) in [5.41, 5.74) is 0.946. The minimum atomic E-state index is -3.86. The molecule has 0 radical (unpaired) electrons. The summed E-state index contributed by atoms with van der Waals surface area (Å²) in [5, 5.41) is 0.527. The standard InChI is InChI=1S/C19H17BrClNO4S/c1-2-26-19(23)15-11-12-22(18(15)13-7-9-14(21)10-8-13)27(24,25)17-6-4-3-5-16(17)20/h3-11,18H,2,12H2,1H3. The lowest BCUT2D eigenvalue weighted by Gasteiger charge is -2.27. The summed E-state index contributed by atoms with van der Waals surface area (Å²) >= 11 is 9.27. The summed E-state index contributed by atoms with van der Waals surface area (Å²) in [5.74, 6) is -0.526. The van der Waals surface area contributed by atoms with Crippen LogP contribution in [0, 0.1) is 0 Å². The predicted molar refractivity (Wildman–Crippen MR) is 107 cm³/mol. The van der Waals surface area contributed by atoms with Gasteiger partial charge in [0.05, 0.1) is 23.1 Å². The Morgan fingerprint density at radius 2 is 1.89 bits per heavy atom. The van der Waals surface area contributed by atoms with Gasteiger partial charge < -0.3 is 4.74 Å². The molecule has 0 amide bonds. The Hall–Kier alpha value is -1.67. The molecule has 1 atom stereocenters. The van der Waals surface area contributed by atoms with Crippen molar-refractivity contribution < 1.29 is 17.9 Å². The zero-order chi connectivity index (χ0) is 19.6. The van der Waals surface area contributed by atoms with E-state index in [0.717, 1.165) is 0 Å². The van der Waals surface area contributed by atoms with Gasteiger partial charge in [-0.05, 0) is 52.7 Å². The van der Waals surface area contributed by atoms with Crippen LogP contribution < -0.4 is 0 Å². The molecule has 0 saturated heterocycles. The van der Waals surface area contributed by atoms with Crippen molar-refractivity contribution >= 4 is 43.5 Å². The molecule has 1 unspecified atom stereocenters. The lowest BCUT2D eigenvalue weighted by molar-refractivity contribution is -0.138. The third kappa shape index (κ3) is 3.96. The highest BCUT2D eigenvalue weighted by atomic mass is 79.9. The topological polar surface area (TPSA) is 63.7 Å². The second kappa shape index (κ2) is 8.14. The lowest BCUT2D eigenvalue weighted by atomic mass is 10.0. The molecule has 2 aromatic rings. The fourth-order valence-corrected chi connectivity index (χ4v) is 5.60. The first-order valence-electron chi connectivity index (χ1n) is 8.25. The Bertz CT molecular complexity index is 989. The average molecular weight is 471 g/mol. The fourth-order valence-electron chi connectivity index (χ4n) is 2.98. The minimum absolute atomic E-state index is 0.0745. The van der Waals surface area contributed by atoms with Crippen LogP contribution in [0.2, 0.25) is 5.02 Å². The Kier molecular flexibility index (Phi) is 6.05. The number of esters is 1. The maximum absolute atomic E-state index is 13.3. The molecule has 2 aromatic carbocycles. The number of hydrogen-bond acceptors (Lipinski definition) is 4. The van der Waals surface area contributed by atoms with Crippen molar-refractivity contribution in [3.8, 4) is 0 Å². The zero-order valence-corrected chi connectivity index (χ0v) is 17.6. The first kappa shape index (κ1) is 20.1. The average Bonchev–Trinajstić information content (AvgIpc) is 3.09. The van der Waals surface area contributed by atoms with Crippen LogP contribution in [0.25, 0.3) is 0 Å². The molecule has 0 aromatic heterocycles. The molecule has 0 bridgehead atoms. The number of rotatable bonds is 5. The third-order valence-electron chi connectivity index (χ3n) is 4.19. The van der Waals surface area contributed by atoms with Crippen molar-refractivity contribution in [1.29, 1.82) is 0 Å². The van der Waals surface area contributed by atoms with Crippen molar-refractivity contribution in [2.24, 2.45) is 0 Å². The molecule has 142 valence electrons. The zero-order valence-electron chi connectivity index (χ0n) is 14.4. The minimum Gasteiger partial charge on any atom is -0.463 e. The first-order valence-corrected chi connectivity index (χ1v) is 10.9. The number of halogens is 2. The predicted octanol–water partition coefficient (Wildman–Crippen LogP) is 4.34. The van der Waals surface area contributed by atoms with Gasteiger partial charge in [-0.15, -0.1) is 0 Å². The van der Waals surface area contributed by atoms with Crippen molar-refractivity contribution in [2.75, 3.05) is 13.2 Å². The van der Waals surface area contributed by atoms with E-state index in [1.54, 1.807) is 55.5 Å². The van der Waals surface area contributed by atoms with Gasteiger partial charge in [-0.1, -0.05) is 41.9 Å². The highest BCUT2D eigenvalue weighted by molar-refractivity contribution is 9.10. The van der Waals surface area contributed by atoms with Crippen LogP contribution in [0.3, 0.4) is 0 Å². The summed E-state index contributed by atoms with van der Waals surface area (Å²) in [6, 6.07) is 12.6. The normalized spacial score (nSPS) is 17.6. The van der Waals surface area contributed by atoms with E-state index >= 15 is 0 Å². The van der Waals surface area contributed by atoms with Crippen molar-refractivity contribution in [3.63, 3.8) is 0 Å². The number of nitrogens with zero attached hydrogens (tertiary/aromatic N) is 1. The Balaban J connectivity index is 2.08. The summed E-state index contributed by atoms with van der Waals surface area (Å²) in [4.78, 5) is 12.6. The second-order valence-corrected chi connectivity index (χ2v) is 8.99. The van der Waals surface area contributed by atoms with E-state index in [0.29, 0.717) is 20.6 Å². The Labute approximate surface area is 171 Å². The molecule has 0 spiro atoms. The van der Waals surface area contributed by atoms with Crippen LogP contribution in [0.15, 0.2) is 69.5 Å². The van der Waals surface area contributed by atoms with Crippen LogP contribution in [0.1, 0.15) is 18.5 Å². The van der Waals surface area contributed by atoms with Crippen LogP contribution in [0.5, 0.6) is 0 Å². The molecule has 1 aliphatic heterocycles. The molecule has 1 heterocycles. The first-order chi connectivity index (χ1) is 12.9. The fraction of sp³-hybridized carbons (Fsp3) is 0.211. The molecule has 5 nitrogen and oxygen atoms in total. The van der Waals surface area contributed by atoms with Gasteiger partial charge >= 0.3 is 5.97 Å². The van der Waals surface area contributed by atoms with Gasteiger partial charge in [0, 0.05) is 16.0 Å². The molecule has 8 heteroatoms. The molecule has 0 aliphatic carbocycles. The molecular formula is C19H17BrClNO4S. The molecule has 1 aliphatic rings. The van der Waals surface area contributed by atoms with Crippen LogP contribution in [-0.4, -0.2) is 31.8 Å². The van der Waals surface area contributed by atoms with Crippen LogP contribution in [0.4, 0.5) is 0 Å². The summed E-state index contributed by atoms with van der Waals surface area (Å²) in [6.07, 6.45) is 1.60. The largest absolute Gasteiger partial charge is 0.463 e. The maximum Gasteiger partial charge on any atom is 0.335 e. The monoisotopic (exact) mass is 469 g/mol. The van der Waals surface area contributed by atoms with E-state index < -0.39 is 22.0 Å². The summed E-state index contributed by atoms with van der Waals surface area (Å²) in [6.45, 7) is 1.99. The van der Waals surface area contributed by atoms with E-state index in [1.165, 1.54) is 10.4 Å². The number of sulfonamides is 1. The molecule has 27 heavy (non-hydrogen) atoms. The number of benzene rings is 2. The van der Waals surface area contributed by atoms with E-state index in [4.69, 9.17) is 16.3 Å². The van der Waals surface area contributed by atoms with Gasteiger partial charge in [0.1, 0.15) is 0 Å². The quantitative estimate of drug-likeness (QED) is 0.610. The van der Waals surface area contributed by atoms with Gasteiger partial charge in [0.2, 0.25) is 10.0 Å². The molecule has 0 saturated carbocycles. The number of carbonyl (C=O) groups is 1. The molecular weight excluding hydrogens is 454 g/mol. The van der Waals surface area contributed by atoms with Gasteiger partial charge in [0.25, 0.3) is 0 Å². The third-order valence-corrected chi connectivity index (χ3v) is 7.29. The van der Waals surface area contributed by atoms with Crippen molar-refractivity contribution in [2.45, 2.75) is 17.9 Å². The SMILES string of the molecule is CCOC(=O)C1=CCN(S(=O)(=O)c2ccccc2Br)C1c1ccc(Cl)cc1. The van der Waals surface area contributed by atoms with Crippen LogP contribution >= 0.6 is 27.5 Å². The Morgan fingerprint density at radius 3 is 2.52 bits per heavy atom. The number of hydrogen-bond donors (Lipinski definition) is 0. The van der Waals surface area contributed by atoms with Crippen LogP contribution in [-0.2, 0) is 19.6 Å². The number of carbonyl (C=O) groups excluding carboxylic acids is 1. The van der Waals surface area contributed by atoms with Gasteiger partial charge in [-0.25, -0.2) is 13.2 Å². The second-order valence-electron chi connectivity index (χ2n) is 5.84. The van der Waals surface area contributed by atoms with E-state index in [1.807, 2.05) is 0 Å². The van der Waals surface area contributed by atoms with E-state index in [9.17, 15) is 13.2 Å². The van der Waals surface area contributed by atoms with E-state index in [-0.39, 0.29) is 18.0 Å². The molecule has 0 fully saturated rings. The highest BCUT2D eigenvalue weighted by Gasteiger charge is 2.41. The smallest absolute Gasteiger partial charge is 0.335 e. The Morgan fingerprint density at radius 1 is 1.22 bits per heavy atom. The van der Waals surface area contributed by atoms with Crippen molar-refractivity contribution in [1.82, 2.24) is 4.31 Å². The highest BCUT2D eigenvalue weighted by Crippen LogP contribution is 2.39. The van der Waals surface area contributed by atoms with Gasteiger partial charge in [-0.3, -0.25) is 0 Å². The van der Waals surface area contributed by atoms with Gasteiger partial charge in [0.15, 0.2) is 0 Å². The molecule has 0 N–H and O–H groups in total. The summed E-state index contributed by atoms with van der Waals surface area (Å²) in [7, 11) is -3.86. The lowest BCUT2D eigenvalue weighted by Crippen LogP contribution is -2.33. The molecule has 3 rings (SSSR count). The van der Waals surface area contributed by atoms with Gasteiger partial charge in [-0.2, -0.15) is 4.31 Å². The number of ether oxygens (including phenoxy) is 1.